The van der Waals surface area contributed by atoms with E-state index in [1.807, 2.05) is 0 Å². The molecule has 0 saturated carbocycles. The molecule has 0 saturated heterocycles. The fourth-order valence-corrected chi connectivity index (χ4v) is 6.22. The second-order valence-corrected chi connectivity index (χ2v) is 11.4. The Morgan fingerprint density at radius 2 is 1.16 bits per heavy atom. The van der Waals surface area contributed by atoms with E-state index in [0.29, 0.717) is 44.3 Å². The van der Waals surface area contributed by atoms with Crippen LogP contribution in [0.4, 0.5) is 21.0 Å². The van der Waals surface area contributed by atoms with Gasteiger partial charge in [-0.15, -0.1) is 0 Å². The number of nitrogens with two attached hydrogens (primary N) is 1. The number of benzene rings is 4. The molecule has 0 bridgehead atoms. The summed E-state index contributed by atoms with van der Waals surface area (Å²) in [5.74, 6) is -1.22. The van der Waals surface area contributed by atoms with Gasteiger partial charge in [-0.25, -0.2) is 28.7 Å². The van der Waals surface area contributed by atoms with E-state index in [9.17, 15) is 29.4 Å². The number of ether oxygens (including phenoxy) is 1. The second kappa shape index (κ2) is 13.2. The lowest BCUT2D eigenvalue weighted by Gasteiger charge is -2.07. The normalized spacial score (nSPS) is 13.0. The molecule has 2 aliphatic heterocycles. The van der Waals surface area contributed by atoms with E-state index in [-0.39, 0.29) is 65.6 Å². The Morgan fingerprint density at radius 1 is 0.706 bits per heavy atom. The zero-order valence-electron chi connectivity index (χ0n) is 27.2. The first-order chi connectivity index (χ1) is 24.8. The topological polar surface area (TPSA) is 191 Å². The number of fused-ring (bicyclic) bond motifs is 4. The molecule has 2 aliphatic rings. The summed E-state index contributed by atoms with van der Waals surface area (Å²) in [7, 11) is 0. The van der Waals surface area contributed by atoms with Gasteiger partial charge in [0.25, 0.3) is 0 Å². The number of aromatic hydroxyl groups is 2. The van der Waals surface area contributed by atoms with Crippen LogP contribution in [0.2, 0.25) is 0 Å². The van der Waals surface area contributed by atoms with E-state index in [1.165, 1.54) is 0 Å². The number of aliphatic imine (C=N–C) groups is 2. The van der Waals surface area contributed by atoms with E-state index >= 15 is 0 Å². The molecule has 0 unspecified atom stereocenters. The maximum absolute atomic E-state index is 12.8. The lowest BCUT2D eigenvalue weighted by molar-refractivity contribution is 0.106. The fraction of sp³-hybridized carbons (Fsp3) is 0.105. The molecule has 8 rings (SSSR count). The quantitative estimate of drug-likeness (QED) is 0.174. The van der Waals surface area contributed by atoms with Crippen LogP contribution in [0.3, 0.4) is 0 Å². The number of nitrogens with zero attached hydrogens (tertiary/aromatic N) is 4. The van der Waals surface area contributed by atoms with Gasteiger partial charge in [-0.3, -0.25) is 9.59 Å². The molecule has 13 nitrogen and oxygen atoms in total. The van der Waals surface area contributed by atoms with Gasteiger partial charge in [0.15, 0.2) is 0 Å². The van der Waals surface area contributed by atoms with Gasteiger partial charge in [-0.05, 0) is 43.3 Å². The Kier molecular flexibility index (Phi) is 8.47. The number of para-hydroxylation sites is 4. The summed E-state index contributed by atoms with van der Waals surface area (Å²) in [6, 6.07) is 27.4. The fourth-order valence-electron chi connectivity index (χ4n) is 6.22. The lowest BCUT2D eigenvalue weighted by atomic mass is 10.0. The first-order valence-corrected chi connectivity index (χ1v) is 16.0. The van der Waals surface area contributed by atoms with E-state index in [1.54, 1.807) is 104 Å². The first-order valence-electron chi connectivity index (χ1n) is 16.0. The Bertz CT molecular complexity index is 2490. The van der Waals surface area contributed by atoms with Crippen molar-refractivity contribution in [1.29, 1.82) is 0 Å². The summed E-state index contributed by atoms with van der Waals surface area (Å²) in [6.07, 6.45) is -0.703. The monoisotopic (exact) mass is 682 g/mol. The van der Waals surface area contributed by atoms with Crippen molar-refractivity contribution in [2.24, 2.45) is 15.7 Å². The summed E-state index contributed by atoms with van der Waals surface area (Å²) in [6.45, 7) is 2.40. The van der Waals surface area contributed by atoms with Gasteiger partial charge in [0.2, 0.25) is 23.3 Å². The average Bonchev–Trinajstić information content (AvgIpc) is 3.84. The van der Waals surface area contributed by atoms with Gasteiger partial charge in [0, 0.05) is 35.0 Å². The molecule has 13 heteroatoms. The maximum atomic E-state index is 12.8. The largest absolute Gasteiger partial charge is 0.494 e. The van der Waals surface area contributed by atoms with Gasteiger partial charge < -0.3 is 26.0 Å². The van der Waals surface area contributed by atoms with Gasteiger partial charge >= 0.3 is 12.1 Å². The molecule has 6 aromatic rings. The number of nitrogens with one attached hydrogen (secondary N) is 1. The molecule has 254 valence electrons. The van der Waals surface area contributed by atoms with Gasteiger partial charge in [0.05, 0.1) is 40.1 Å². The van der Waals surface area contributed by atoms with E-state index in [0.717, 1.165) is 9.13 Å². The predicted molar refractivity (Wildman–Crippen MR) is 191 cm³/mol. The van der Waals surface area contributed by atoms with Crippen molar-refractivity contribution in [2.75, 3.05) is 19.7 Å². The Morgan fingerprint density at radius 3 is 1.65 bits per heavy atom. The number of hydrogen-bond donors (Lipinski definition) is 4. The number of rotatable bonds is 5. The number of aromatic nitrogens is 2. The molecule has 0 radical (unpaired) electrons. The molecular weight excluding hydrogens is 652 g/mol. The summed E-state index contributed by atoms with van der Waals surface area (Å²) < 4.78 is 7.22. The van der Waals surface area contributed by atoms with Crippen LogP contribution >= 0.6 is 0 Å². The Balaban J connectivity index is 0.000000159. The molecule has 0 aliphatic carbocycles. The van der Waals surface area contributed by atoms with Gasteiger partial charge in [0.1, 0.15) is 11.4 Å². The molecule has 4 aromatic carbocycles. The van der Waals surface area contributed by atoms with E-state index in [2.05, 4.69) is 15.3 Å². The summed E-state index contributed by atoms with van der Waals surface area (Å²) in [4.78, 5) is 59.0. The minimum absolute atomic E-state index is 0.123. The van der Waals surface area contributed by atoms with Crippen molar-refractivity contribution in [2.45, 2.75) is 6.92 Å². The van der Waals surface area contributed by atoms with Crippen molar-refractivity contribution in [3.63, 3.8) is 0 Å². The zero-order valence-corrected chi connectivity index (χ0v) is 27.2. The molecule has 1 amide bonds. The molecular formula is C38H30N6O7. The molecule has 0 spiro atoms. The third-order valence-electron chi connectivity index (χ3n) is 8.44. The van der Waals surface area contributed by atoms with Gasteiger partial charge in [-0.1, -0.05) is 60.7 Å². The van der Waals surface area contributed by atoms with E-state index in [4.69, 9.17) is 10.5 Å². The minimum atomic E-state index is -0.703. The lowest BCUT2D eigenvalue weighted by Crippen LogP contribution is -2.32. The molecule has 2 aromatic heterocycles. The van der Waals surface area contributed by atoms with Gasteiger partial charge in [-0.2, -0.15) is 0 Å². The third kappa shape index (κ3) is 5.41. The van der Waals surface area contributed by atoms with Crippen molar-refractivity contribution in [1.82, 2.24) is 14.5 Å². The van der Waals surface area contributed by atoms with Crippen molar-refractivity contribution < 1.29 is 34.1 Å². The van der Waals surface area contributed by atoms with Crippen LogP contribution in [0.1, 0.15) is 38.8 Å². The van der Waals surface area contributed by atoms with Crippen LogP contribution in [-0.2, 0) is 4.74 Å². The Labute approximate surface area is 289 Å². The minimum Gasteiger partial charge on any atom is -0.494 e. The predicted octanol–water partition coefficient (Wildman–Crippen LogP) is 5.85. The van der Waals surface area contributed by atoms with Crippen LogP contribution in [0, 0.1) is 0 Å². The third-order valence-corrected chi connectivity index (χ3v) is 8.44. The van der Waals surface area contributed by atoms with Crippen molar-refractivity contribution >= 4 is 68.3 Å². The second-order valence-electron chi connectivity index (χ2n) is 11.4. The maximum Gasteiger partial charge on any atom is 0.421 e. The smallest absolute Gasteiger partial charge is 0.421 e. The highest BCUT2D eigenvalue weighted by Crippen LogP contribution is 2.38. The summed E-state index contributed by atoms with van der Waals surface area (Å²) in [5.41, 5.74) is 9.18. The SMILES string of the molecule is CCOC(=O)n1c(O)c(C2=Nc3ccccc3C2=O)c2ccccc21.NCCNC(=O)n1c(O)c(C2=Nc3ccccc3C2=O)c2ccccc21. The summed E-state index contributed by atoms with van der Waals surface area (Å²) >= 11 is 0. The highest BCUT2D eigenvalue weighted by molar-refractivity contribution is 6.57. The standard InChI is InChI=1S/C19H16N4O3.C19H14N2O4/c20-9-10-21-19(26)23-14-8-4-2-6-12(14)15(18(23)25)16-17(24)11-5-1-3-7-13(11)22-16;1-2-25-19(24)21-14-10-6-4-8-12(14)15(18(21)23)16-17(22)11-7-3-5-9-13(11)20-16/h1-8,25H,9-10,20H2,(H,21,26);3-10,23H,2H2,1H3. The number of amides is 1. The number of carbonyl (C=O) groups excluding carboxylic acids is 4. The molecule has 4 heterocycles. The van der Waals surface area contributed by atoms with E-state index < -0.39 is 12.1 Å². The van der Waals surface area contributed by atoms with Crippen LogP contribution in [0.5, 0.6) is 11.8 Å². The highest BCUT2D eigenvalue weighted by Gasteiger charge is 2.34. The van der Waals surface area contributed by atoms with Crippen LogP contribution in [-0.4, -0.2) is 74.2 Å². The van der Waals surface area contributed by atoms with Crippen LogP contribution in [0.25, 0.3) is 21.8 Å². The Hall–Kier alpha value is -6.86. The first kappa shape index (κ1) is 32.7. The van der Waals surface area contributed by atoms with Crippen molar-refractivity contribution in [3.8, 4) is 11.8 Å². The number of ketones is 2. The summed E-state index contributed by atoms with van der Waals surface area (Å²) in [5, 5.41) is 25.2. The number of Topliss-reactive ketones (excluding diaryl/α,β-unsaturated/α-hetero) is 2. The highest BCUT2D eigenvalue weighted by atomic mass is 16.5. The zero-order chi connectivity index (χ0) is 35.8. The average molecular weight is 683 g/mol. The molecule has 0 fully saturated rings. The molecule has 5 N–H and O–H groups in total. The number of carbonyl (C=O) groups is 4. The number of hydrogen-bond acceptors (Lipinski definition) is 10. The van der Waals surface area contributed by atoms with Crippen molar-refractivity contribution in [3.05, 3.63) is 119 Å². The van der Waals surface area contributed by atoms with Crippen LogP contribution < -0.4 is 11.1 Å². The molecule has 0 atom stereocenters. The van der Waals surface area contributed by atoms with Crippen LogP contribution in [0.15, 0.2) is 107 Å². The molecule has 51 heavy (non-hydrogen) atoms.